The molecule has 0 spiro atoms. The first-order valence-corrected chi connectivity index (χ1v) is 4.76. The third kappa shape index (κ3) is 1.77. The monoisotopic (exact) mass is 194 g/mol. The van der Waals surface area contributed by atoms with Gasteiger partial charge in [-0.25, -0.2) is 0 Å². The largest absolute Gasteiger partial charge is 0.349 e. The lowest BCUT2D eigenvalue weighted by molar-refractivity contribution is 0.0925. The quantitative estimate of drug-likeness (QED) is 0.634. The van der Waals surface area contributed by atoms with Crippen LogP contribution in [0.15, 0.2) is 12.3 Å². The first-order valence-electron chi connectivity index (χ1n) is 4.76. The van der Waals surface area contributed by atoms with E-state index in [4.69, 9.17) is 5.73 Å². The molecule has 0 atom stereocenters. The number of aromatic nitrogens is 2. The van der Waals surface area contributed by atoms with Gasteiger partial charge in [-0.05, 0) is 25.3 Å². The molecule has 0 aromatic carbocycles. The van der Waals surface area contributed by atoms with Crippen LogP contribution in [0.5, 0.6) is 0 Å². The number of carbonyl (C=O) groups is 1. The molecule has 0 saturated heterocycles. The smallest absolute Gasteiger partial charge is 0.269 e. The number of amides is 1. The van der Waals surface area contributed by atoms with E-state index in [9.17, 15) is 4.79 Å². The number of hydrogen-bond acceptors (Lipinski definition) is 3. The van der Waals surface area contributed by atoms with Crippen LogP contribution in [-0.2, 0) is 0 Å². The van der Waals surface area contributed by atoms with Gasteiger partial charge in [0, 0.05) is 18.3 Å². The Morgan fingerprint density at radius 1 is 1.71 bits per heavy atom. The van der Waals surface area contributed by atoms with Crippen molar-refractivity contribution >= 4 is 5.91 Å². The third-order valence-corrected chi connectivity index (χ3v) is 2.70. The van der Waals surface area contributed by atoms with Gasteiger partial charge in [0.25, 0.3) is 5.91 Å². The first-order chi connectivity index (χ1) is 6.70. The zero-order valence-corrected chi connectivity index (χ0v) is 7.92. The summed E-state index contributed by atoms with van der Waals surface area (Å²) in [7, 11) is 0. The predicted molar refractivity (Wildman–Crippen MR) is 51.7 cm³/mol. The molecule has 76 valence electrons. The van der Waals surface area contributed by atoms with E-state index in [0.29, 0.717) is 12.2 Å². The Hall–Kier alpha value is -1.36. The molecule has 14 heavy (non-hydrogen) atoms. The normalized spacial score (nSPS) is 18.6. The molecule has 0 unspecified atom stereocenters. The van der Waals surface area contributed by atoms with E-state index in [1.54, 1.807) is 12.3 Å². The molecule has 1 aliphatic carbocycles. The van der Waals surface area contributed by atoms with Crippen LogP contribution in [0.4, 0.5) is 0 Å². The molecule has 0 radical (unpaired) electrons. The number of aromatic amines is 1. The van der Waals surface area contributed by atoms with E-state index >= 15 is 0 Å². The minimum absolute atomic E-state index is 0.140. The van der Waals surface area contributed by atoms with E-state index in [1.807, 2.05) is 0 Å². The van der Waals surface area contributed by atoms with Crippen LogP contribution in [0, 0.1) is 0 Å². The molecule has 1 heterocycles. The number of hydrogen-bond donors (Lipinski definition) is 3. The standard InChI is InChI=1S/C9H14N4O/c10-9(3-1-4-9)6-11-8(14)7-2-5-12-13-7/h2,5H,1,3-4,6,10H2,(H,11,14)(H,12,13). The van der Waals surface area contributed by atoms with Crippen LogP contribution in [0.25, 0.3) is 0 Å². The van der Waals surface area contributed by atoms with E-state index < -0.39 is 0 Å². The lowest BCUT2D eigenvalue weighted by atomic mass is 9.78. The van der Waals surface area contributed by atoms with Crippen molar-refractivity contribution < 1.29 is 4.79 Å². The first kappa shape index (κ1) is 9.21. The Kier molecular flexibility index (Phi) is 2.25. The van der Waals surface area contributed by atoms with Crippen LogP contribution in [-0.4, -0.2) is 28.2 Å². The van der Waals surface area contributed by atoms with Gasteiger partial charge in [0.1, 0.15) is 5.69 Å². The second kappa shape index (κ2) is 3.42. The molecule has 4 N–H and O–H groups in total. The van der Waals surface area contributed by atoms with Crippen molar-refractivity contribution in [3.63, 3.8) is 0 Å². The number of nitrogens with one attached hydrogen (secondary N) is 2. The van der Waals surface area contributed by atoms with Crippen molar-refractivity contribution in [3.8, 4) is 0 Å². The van der Waals surface area contributed by atoms with Gasteiger partial charge in [-0.3, -0.25) is 9.89 Å². The van der Waals surface area contributed by atoms with Gasteiger partial charge in [-0.15, -0.1) is 0 Å². The third-order valence-electron chi connectivity index (χ3n) is 2.70. The number of H-pyrrole nitrogens is 1. The predicted octanol–water partition coefficient (Wildman–Crippen LogP) is 0.0209. The minimum atomic E-state index is -0.171. The number of nitrogens with two attached hydrogens (primary N) is 1. The molecule has 1 amide bonds. The van der Waals surface area contributed by atoms with E-state index in [-0.39, 0.29) is 11.4 Å². The summed E-state index contributed by atoms with van der Waals surface area (Å²) >= 11 is 0. The highest BCUT2D eigenvalue weighted by atomic mass is 16.1. The summed E-state index contributed by atoms with van der Waals surface area (Å²) in [5.74, 6) is -0.140. The summed E-state index contributed by atoms with van der Waals surface area (Å²) in [4.78, 5) is 11.5. The van der Waals surface area contributed by atoms with Gasteiger partial charge >= 0.3 is 0 Å². The van der Waals surface area contributed by atoms with Crippen molar-refractivity contribution in [2.24, 2.45) is 5.73 Å². The Morgan fingerprint density at radius 3 is 3.00 bits per heavy atom. The molecule has 1 saturated carbocycles. The van der Waals surface area contributed by atoms with E-state index in [0.717, 1.165) is 19.3 Å². The van der Waals surface area contributed by atoms with Crippen LogP contribution in [0.3, 0.4) is 0 Å². The molecule has 2 rings (SSSR count). The van der Waals surface area contributed by atoms with E-state index in [2.05, 4.69) is 15.5 Å². The summed E-state index contributed by atoms with van der Waals surface area (Å²) in [6.07, 6.45) is 4.71. The lowest BCUT2D eigenvalue weighted by Gasteiger charge is -2.37. The number of rotatable bonds is 3. The van der Waals surface area contributed by atoms with Crippen molar-refractivity contribution in [3.05, 3.63) is 18.0 Å². The van der Waals surface area contributed by atoms with Gasteiger partial charge < -0.3 is 11.1 Å². The molecule has 0 aliphatic heterocycles. The van der Waals surface area contributed by atoms with Gasteiger partial charge in [-0.1, -0.05) is 0 Å². The van der Waals surface area contributed by atoms with Crippen LogP contribution >= 0.6 is 0 Å². The molecule has 1 aromatic rings. The molecule has 5 heteroatoms. The van der Waals surface area contributed by atoms with Crippen molar-refractivity contribution in [1.29, 1.82) is 0 Å². The highest BCUT2D eigenvalue weighted by Gasteiger charge is 2.32. The summed E-state index contributed by atoms with van der Waals surface area (Å²) in [6.45, 7) is 0.546. The molecule has 1 aliphatic rings. The van der Waals surface area contributed by atoms with Crippen molar-refractivity contribution in [1.82, 2.24) is 15.5 Å². The Morgan fingerprint density at radius 2 is 2.50 bits per heavy atom. The van der Waals surface area contributed by atoms with Crippen molar-refractivity contribution in [2.45, 2.75) is 24.8 Å². The zero-order valence-electron chi connectivity index (χ0n) is 7.92. The Balaban J connectivity index is 1.84. The zero-order chi connectivity index (χ0) is 10.0. The van der Waals surface area contributed by atoms with E-state index in [1.165, 1.54) is 0 Å². The fourth-order valence-electron chi connectivity index (χ4n) is 1.54. The number of carbonyl (C=O) groups excluding carboxylic acids is 1. The molecular formula is C9H14N4O. The lowest BCUT2D eigenvalue weighted by Crippen LogP contribution is -2.54. The molecule has 1 fully saturated rings. The van der Waals surface area contributed by atoms with Gasteiger partial charge in [0.15, 0.2) is 0 Å². The summed E-state index contributed by atoms with van der Waals surface area (Å²) in [5.41, 5.74) is 6.27. The molecule has 0 bridgehead atoms. The summed E-state index contributed by atoms with van der Waals surface area (Å²) in [5, 5.41) is 9.10. The molecular weight excluding hydrogens is 180 g/mol. The maximum absolute atomic E-state index is 11.5. The fourth-order valence-corrected chi connectivity index (χ4v) is 1.54. The van der Waals surface area contributed by atoms with Gasteiger partial charge in [0.2, 0.25) is 0 Å². The van der Waals surface area contributed by atoms with Crippen molar-refractivity contribution in [2.75, 3.05) is 6.54 Å². The Bertz CT molecular complexity index is 316. The van der Waals surface area contributed by atoms with Crippen LogP contribution in [0.2, 0.25) is 0 Å². The van der Waals surface area contributed by atoms with Crippen LogP contribution in [0.1, 0.15) is 29.8 Å². The van der Waals surface area contributed by atoms with Gasteiger partial charge in [0.05, 0.1) is 0 Å². The second-order valence-corrected chi connectivity index (χ2v) is 3.87. The second-order valence-electron chi connectivity index (χ2n) is 3.87. The summed E-state index contributed by atoms with van der Waals surface area (Å²) in [6, 6.07) is 1.64. The maximum atomic E-state index is 11.5. The van der Waals surface area contributed by atoms with Crippen LogP contribution < -0.4 is 11.1 Å². The maximum Gasteiger partial charge on any atom is 0.269 e. The van der Waals surface area contributed by atoms with Gasteiger partial charge in [-0.2, -0.15) is 5.10 Å². The fraction of sp³-hybridized carbons (Fsp3) is 0.556. The average Bonchev–Trinajstić information content (AvgIpc) is 2.63. The molecule has 1 aromatic heterocycles. The topological polar surface area (TPSA) is 83.8 Å². The molecule has 5 nitrogen and oxygen atoms in total. The highest BCUT2D eigenvalue weighted by Crippen LogP contribution is 2.27. The minimum Gasteiger partial charge on any atom is -0.349 e. The highest BCUT2D eigenvalue weighted by molar-refractivity contribution is 5.92. The SMILES string of the molecule is NC1(CNC(=O)c2ccn[nH]2)CCC1. The summed E-state index contributed by atoms with van der Waals surface area (Å²) < 4.78 is 0. The number of nitrogens with zero attached hydrogens (tertiary/aromatic N) is 1. The Labute approximate surface area is 82.1 Å². The average molecular weight is 194 g/mol.